The van der Waals surface area contributed by atoms with E-state index in [1.807, 2.05) is 60.4 Å². The summed E-state index contributed by atoms with van der Waals surface area (Å²) in [6.07, 6.45) is 4.32. The molecule has 1 fully saturated rings. The minimum atomic E-state index is -0.675. The lowest BCUT2D eigenvalue weighted by Gasteiger charge is -2.33. The number of nitrogens with zero attached hydrogens (tertiary/aromatic N) is 1. The molecule has 1 unspecified atom stereocenters. The second-order valence-electron chi connectivity index (χ2n) is 9.94. The van der Waals surface area contributed by atoms with Crippen LogP contribution in [0.4, 0.5) is 0 Å². The average Bonchev–Trinajstić information content (AvgIpc) is 2.90. The molecule has 0 aromatic heterocycles. The first kappa shape index (κ1) is 25.7. The van der Waals surface area contributed by atoms with Gasteiger partial charge in [0.05, 0.1) is 6.61 Å². The van der Waals surface area contributed by atoms with Crippen molar-refractivity contribution < 1.29 is 19.1 Å². The number of benzene rings is 2. The number of piperidine rings is 1. The zero-order chi connectivity index (χ0) is 25.3. The number of fused-ring (bicyclic) bond motifs is 4. The lowest BCUT2D eigenvalue weighted by atomic mass is 9.95. The quantitative estimate of drug-likeness (QED) is 0.688. The van der Waals surface area contributed by atoms with Crippen molar-refractivity contribution in [3.63, 3.8) is 0 Å². The highest BCUT2D eigenvalue weighted by Gasteiger charge is 2.25. The van der Waals surface area contributed by atoms with Crippen molar-refractivity contribution in [1.82, 2.24) is 15.5 Å². The van der Waals surface area contributed by atoms with Gasteiger partial charge in [0, 0.05) is 32.5 Å². The van der Waals surface area contributed by atoms with Crippen LogP contribution in [-0.4, -0.2) is 48.4 Å². The van der Waals surface area contributed by atoms with Crippen molar-refractivity contribution in [3.05, 3.63) is 65.2 Å². The fourth-order valence-corrected chi connectivity index (χ4v) is 4.97. The summed E-state index contributed by atoms with van der Waals surface area (Å²) in [5.41, 5.74) is 3.17. The first-order valence-corrected chi connectivity index (χ1v) is 13.1. The summed E-state index contributed by atoms with van der Waals surface area (Å²) < 4.78 is 6.04. The normalized spacial score (nSPS) is 22.0. The molecule has 7 nitrogen and oxygen atoms in total. The number of nitrogens with one attached hydrogen (secondary N) is 2. The van der Waals surface area contributed by atoms with Gasteiger partial charge in [0.2, 0.25) is 17.7 Å². The van der Waals surface area contributed by atoms with Gasteiger partial charge in [0.1, 0.15) is 11.8 Å². The molecule has 7 heteroatoms. The van der Waals surface area contributed by atoms with Gasteiger partial charge in [0.25, 0.3) is 0 Å². The van der Waals surface area contributed by atoms with E-state index in [-0.39, 0.29) is 30.6 Å². The van der Waals surface area contributed by atoms with Crippen molar-refractivity contribution in [2.75, 3.05) is 19.7 Å². The standard InChI is InChI=1S/C29H37N3O4/c1-21-9-11-25-18-24(21)19-30-29(35)26(12-10-22-6-3-2-4-7-22)31-27(33)13-14-28(34)32-16-5-8-23(20-32)15-17-36-25/h2-4,6-7,9,11,18,23,26H,5,8,10,12-17,19-20H2,1H3,(H,30,35)(H,31,33)/t23?,26-/m0/s1. The van der Waals surface area contributed by atoms with E-state index in [0.717, 1.165) is 48.2 Å². The van der Waals surface area contributed by atoms with E-state index < -0.39 is 6.04 Å². The van der Waals surface area contributed by atoms with E-state index in [1.54, 1.807) is 0 Å². The predicted octanol–water partition coefficient (Wildman–Crippen LogP) is 3.53. The van der Waals surface area contributed by atoms with Crippen molar-refractivity contribution in [1.29, 1.82) is 0 Å². The second-order valence-corrected chi connectivity index (χ2v) is 9.94. The minimum Gasteiger partial charge on any atom is -0.494 e. The average molecular weight is 492 g/mol. The van der Waals surface area contributed by atoms with E-state index in [9.17, 15) is 14.4 Å². The molecular weight excluding hydrogens is 454 g/mol. The van der Waals surface area contributed by atoms with Crippen LogP contribution in [0.5, 0.6) is 5.75 Å². The molecule has 2 aromatic rings. The van der Waals surface area contributed by atoms with Crippen LogP contribution in [0.25, 0.3) is 0 Å². The van der Waals surface area contributed by atoms with Gasteiger partial charge < -0.3 is 20.3 Å². The molecule has 36 heavy (non-hydrogen) atoms. The first-order valence-electron chi connectivity index (χ1n) is 13.1. The van der Waals surface area contributed by atoms with E-state index in [4.69, 9.17) is 4.74 Å². The first-order chi connectivity index (χ1) is 17.5. The molecule has 0 radical (unpaired) electrons. The Labute approximate surface area is 213 Å². The number of carbonyl (C=O) groups is 3. The fourth-order valence-electron chi connectivity index (χ4n) is 4.97. The SMILES string of the molecule is Cc1ccc2cc1CNC(=O)[C@H](CCc1ccccc1)NC(=O)CCC(=O)N1CCCC(CCO2)C1. The Bertz CT molecular complexity index is 1060. The molecule has 2 heterocycles. The molecule has 192 valence electrons. The molecular formula is C29H37N3O4. The molecule has 2 aliphatic rings. The van der Waals surface area contributed by atoms with E-state index in [2.05, 4.69) is 10.6 Å². The number of rotatable bonds is 3. The molecule has 3 amide bonds. The van der Waals surface area contributed by atoms with Crippen molar-refractivity contribution >= 4 is 17.7 Å². The van der Waals surface area contributed by atoms with Crippen LogP contribution in [0.3, 0.4) is 0 Å². The molecule has 2 N–H and O–H groups in total. The number of ether oxygens (including phenoxy) is 1. The zero-order valence-corrected chi connectivity index (χ0v) is 21.1. The molecule has 0 spiro atoms. The zero-order valence-electron chi connectivity index (χ0n) is 21.1. The summed E-state index contributed by atoms with van der Waals surface area (Å²) in [7, 11) is 0. The van der Waals surface area contributed by atoms with Crippen LogP contribution in [0.2, 0.25) is 0 Å². The molecule has 4 rings (SSSR count). The van der Waals surface area contributed by atoms with Crippen LogP contribution in [0.15, 0.2) is 48.5 Å². The van der Waals surface area contributed by atoms with Gasteiger partial charge in [-0.25, -0.2) is 0 Å². The van der Waals surface area contributed by atoms with E-state index in [0.29, 0.717) is 38.5 Å². The molecule has 0 aliphatic carbocycles. The predicted molar refractivity (Wildman–Crippen MR) is 138 cm³/mol. The van der Waals surface area contributed by atoms with Crippen LogP contribution in [0, 0.1) is 12.8 Å². The maximum absolute atomic E-state index is 13.2. The third-order valence-corrected chi connectivity index (χ3v) is 7.22. The maximum atomic E-state index is 13.2. The highest BCUT2D eigenvalue weighted by molar-refractivity contribution is 5.89. The van der Waals surface area contributed by atoms with Crippen LogP contribution in [0.1, 0.15) is 55.2 Å². The third-order valence-electron chi connectivity index (χ3n) is 7.22. The Balaban J connectivity index is 1.50. The minimum absolute atomic E-state index is 0.00495. The Kier molecular flexibility index (Phi) is 8.98. The van der Waals surface area contributed by atoms with Gasteiger partial charge in [-0.2, -0.15) is 0 Å². The summed E-state index contributed by atoms with van der Waals surface area (Å²) in [6, 6.07) is 15.2. The van der Waals surface area contributed by atoms with E-state index >= 15 is 0 Å². The van der Waals surface area contributed by atoms with Crippen LogP contribution in [-0.2, 0) is 27.3 Å². The largest absolute Gasteiger partial charge is 0.494 e. The molecule has 2 atom stereocenters. The smallest absolute Gasteiger partial charge is 0.242 e. The molecule has 1 saturated heterocycles. The number of hydrogen-bond acceptors (Lipinski definition) is 4. The van der Waals surface area contributed by atoms with E-state index in [1.165, 1.54) is 0 Å². The Morgan fingerprint density at radius 3 is 2.69 bits per heavy atom. The van der Waals surface area contributed by atoms with Gasteiger partial charge in [-0.05, 0) is 73.8 Å². The molecule has 0 saturated carbocycles. The fraction of sp³-hybridized carbons (Fsp3) is 0.483. The van der Waals surface area contributed by atoms with Gasteiger partial charge in [0.15, 0.2) is 0 Å². The summed E-state index contributed by atoms with van der Waals surface area (Å²) in [6.45, 7) is 4.41. The number of hydrogen-bond donors (Lipinski definition) is 2. The number of amides is 3. The summed E-state index contributed by atoms with van der Waals surface area (Å²) >= 11 is 0. The van der Waals surface area contributed by atoms with Gasteiger partial charge in [-0.3, -0.25) is 14.4 Å². The van der Waals surface area contributed by atoms with Crippen molar-refractivity contribution in [3.8, 4) is 5.75 Å². The number of aryl methyl sites for hydroxylation is 2. The lowest BCUT2D eigenvalue weighted by Crippen LogP contribution is -2.47. The second kappa shape index (κ2) is 12.6. The number of carbonyl (C=O) groups excluding carboxylic acids is 3. The lowest BCUT2D eigenvalue weighted by molar-refractivity contribution is -0.135. The summed E-state index contributed by atoms with van der Waals surface area (Å²) in [5, 5.41) is 5.89. The van der Waals surface area contributed by atoms with Crippen molar-refractivity contribution in [2.24, 2.45) is 5.92 Å². The molecule has 2 aliphatic heterocycles. The molecule has 2 aromatic carbocycles. The van der Waals surface area contributed by atoms with Gasteiger partial charge in [-0.15, -0.1) is 0 Å². The summed E-state index contributed by atoms with van der Waals surface area (Å²) in [4.78, 5) is 40.6. The Hall–Kier alpha value is -3.35. The van der Waals surface area contributed by atoms with Crippen molar-refractivity contribution in [2.45, 2.75) is 64.5 Å². The van der Waals surface area contributed by atoms with Crippen LogP contribution >= 0.6 is 0 Å². The topological polar surface area (TPSA) is 87.7 Å². The summed E-state index contributed by atoms with van der Waals surface area (Å²) in [5.74, 6) is 0.699. The van der Waals surface area contributed by atoms with Gasteiger partial charge in [-0.1, -0.05) is 36.4 Å². The Morgan fingerprint density at radius 1 is 1.03 bits per heavy atom. The highest BCUT2D eigenvalue weighted by atomic mass is 16.5. The molecule has 4 bridgehead atoms. The monoisotopic (exact) mass is 491 g/mol. The van der Waals surface area contributed by atoms with Crippen LogP contribution < -0.4 is 15.4 Å². The highest BCUT2D eigenvalue weighted by Crippen LogP contribution is 2.23. The third kappa shape index (κ3) is 7.33. The van der Waals surface area contributed by atoms with Gasteiger partial charge >= 0.3 is 0 Å². The maximum Gasteiger partial charge on any atom is 0.242 e. The Morgan fingerprint density at radius 2 is 1.86 bits per heavy atom.